The fourth-order valence-corrected chi connectivity index (χ4v) is 5.26. The Bertz CT molecular complexity index is 1430. The Balaban J connectivity index is 1.48. The third-order valence-electron chi connectivity index (χ3n) is 7.22. The molecule has 2 aliphatic carbocycles. The number of nitrogens with one attached hydrogen (secondary N) is 1. The van der Waals surface area contributed by atoms with Crippen molar-refractivity contribution in [3.05, 3.63) is 83.7 Å². The summed E-state index contributed by atoms with van der Waals surface area (Å²) in [7, 11) is 0. The van der Waals surface area contributed by atoms with Gasteiger partial charge in [0.2, 0.25) is 5.95 Å². The van der Waals surface area contributed by atoms with Crippen molar-refractivity contribution in [2.75, 3.05) is 5.73 Å². The first-order valence-electron chi connectivity index (χ1n) is 11.9. The number of fused-ring (bicyclic) bond motifs is 3. The molecule has 1 amide bonds. The van der Waals surface area contributed by atoms with E-state index in [-0.39, 0.29) is 5.95 Å². The third kappa shape index (κ3) is 3.69. The molecule has 4 N–H and O–H groups in total. The molecule has 1 saturated carbocycles. The molecule has 0 radical (unpaired) electrons. The minimum atomic E-state index is -0.985. The number of benzene rings is 2. The Morgan fingerprint density at radius 2 is 1.69 bits per heavy atom. The average molecular weight is 464 g/mol. The van der Waals surface area contributed by atoms with Gasteiger partial charge in [-0.2, -0.15) is 0 Å². The van der Waals surface area contributed by atoms with Crippen LogP contribution in [0, 0.1) is 0 Å². The summed E-state index contributed by atoms with van der Waals surface area (Å²) in [5.74, 6) is 0.262. The van der Waals surface area contributed by atoms with Gasteiger partial charge in [-0.05, 0) is 54.9 Å². The van der Waals surface area contributed by atoms with Crippen LogP contribution in [0.3, 0.4) is 0 Å². The van der Waals surface area contributed by atoms with Gasteiger partial charge >= 0.3 is 6.09 Å². The molecule has 35 heavy (non-hydrogen) atoms. The molecule has 7 nitrogen and oxygen atoms in total. The zero-order valence-corrected chi connectivity index (χ0v) is 19.2. The number of hydrogen-bond acceptors (Lipinski definition) is 5. The molecule has 4 aromatic rings. The number of nitrogens with zero attached hydrogens (tertiary/aromatic N) is 3. The van der Waals surface area contributed by atoms with Crippen molar-refractivity contribution in [3.63, 3.8) is 0 Å². The smallest absolute Gasteiger partial charge is 0.405 e. The van der Waals surface area contributed by atoms with Crippen LogP contribution in [0.1, 0.15) is 36.1 Å². The van der Waals surface area contributed by atoms with Crippen molar-refractivity contribution in [1.82, 2.24) is 20.3 Å². The second-order valence-electron chi connectivity index (χ2n) is 9.29. The summed E-state index contributed by atoms with van der Waals surface area (Å²) >= 11 is 0. The molecular weight excluding hydrogens is 438 g/mol. The van der Waals surface area contributed by atoms with Crippen molar-refractivity contribution in [2.24, 2.45) is 0 Å². The molecule has 0 unspecified atom stereocenters. The Morgan fingerprint density at radius 1 is 0.914 bits per heavy atom. The van der Waals surface area contributed by atoms with Crippen molar-refractivity contribution in [2.45, 2.75) is 37.6 Å². The second-order valence-corrected chi connectivity index (χ2v) is 9.29. The number of nitrogens with two attached hydrogens (primary N) is 1. The Morgan fingerprint density at radius 3 is 2.37 bits per heavy atom. The van der Waals surface area contributed by atoms with Crippen LogP contribution >= 0.6 is 0 Å². The van der Waals surface area contributed by atoms with Crippen LogP contribution in [-0.2, 0) is 18.4 Å². The van der Waals surface area contributed by atoms with Crippen molar-refractivity contribution in [3.8, 4) is 33.6 Å². The standard InChI is InChI=1S/C28H25N5O2/c29-26-30-16-19-9-12-23-22(25(19)32-26)15-21(17-5-2-1-3-6-17)24(31-23)18-7-10-20(11-8-18)28(13-4-14-28)33-27(34)35/h1-3,5-8,10-11,15-16,33H,4,9,12-14H2,(H,34,35)(H2,29,30,32). The maximum Gasteiger partial charge on any atom is 0.405 e. The fourth-order valence-electron chi connectivity index (χ4n) is 5.26. The number of nitrogen functional groups attached to an aromatic ring is 1. The van der Waals surface area contributed by atoms with Gasteiger partial charge in [0, 0.05) is 22.9 Å². The molecule has 0 spiro atoms. The molecule has 0 atom stereocenters. The van der Waals surface area contributed by atoms with Crippen LogP contribution < -0.4 is 11.1 Å². The molecule has 1 fully saturated rings. The monoisotopic (exact) mass is 463 g/mol. The third-order valence-corrected chi connectivity index (χ3v) is 7.22. The van der Waals surface area contributed by atoms with Crippen LogP contribution in [0.25, 0.3) is 33.6 Å². The number of pyridine rings is 1. The molecule has 0 bridgehead atoms. The highest BCUT2D eigenvalue weighted by atomic mass is 16.4. The average Bonchev–Trinajstić information content (AvgIpc) is 2.86. The first-order chi connectivity index (χ1) is 17.0. The number of aryl methyl sites for hydroxylation is 2. The predicted molar refractivity (Wildman–Crippen MR) is 135 cm³/mol. The van der Waals surface area contributed by atoms with Crippen LogP contribution in [0.4, 0.5) is 10.7 Å². The van der Waals surface area contributed by atoms with Gasteiger partial charge in [-0.15, -0.1) is 0 Å². The number of amides is 1. The maximum atomic E-state index is 11.4. The Hall–Kier alpha value is -4.26. The molecule has 2 aromatic heterocycles. The summed E-state index contributed by atoms with van der Waals surface area (Å²) < 4.78 is 0. The van der Waals surface area contributed by atoms with Gasteiger partial charge in [0.25, 0.3) is 0 Å². The van der Waals surface area contributed by atoms with E-state index < -0.39 is 11.6 Å². The van der Waals surface area contributed by atoms with Crippen LogP contribution in [0.2, 0.25) is 0 Å². The van der Waals surface area contributed by atoms with E-state index in [4.69, 9.17) is 10.7 Å². The van der Waals surface area contributed by atoms with E-state index in [1.807, 2.05) is 36.5 Å². The number of rotatable bonds is 4. The summed E-state index contributed by atoms with van der Waals surface area (Å²) in [6.45, 7) is 0. The molecule has 2 aromatic carbocycles. The quantitative estimate of drug-likeness (QED) is 0.383. The number of carbonyl (C=O) groups is 1. The number of carboxylic acid groups (broad SMARTS) is 1. The van der Waals surface area contributed by atoms with Gasteiger partial charge in [0.15, 0.2) is 0 Å². The van der Waals surface area contributed by atoms with E-state index in [9.17, 15) is 9.90 Å². The van der Waals surface area contributed by atoms with E-state index in [1.165, 1.54) is 0 Å². The van der Waals surface area contributed by atoms with Gasteiger partial charge in [-0.1, -0.05) is 54.6 Å². The van der Waals surface area contributed by atoms with Gasteiger partial charge in [0.05, 0.1) is 22.6 Å². The SMILES string of the molecule is Nc1ncc2c(n1)-c1cc(-c3ccccc3)c(-c3ccc(C4(NC(=O)O)CCC4)cc3)nc1CC2. The maximum absolute atomic E-state index is 11.4. The van der Waals surface area contributed by atoms with E-state index in [0.29, 0.717) is 0 Å². The van der Waals surface area contributed by atoms with Crippen LogP contribution in [0.15, 0.2) is 66.9 Å². The Labute approximate surface area is 203 Å². The normalized spacial score (nSPS) is 15.4. The van der Waals surface area contributed by atoms with Crippen molar-refractivity contribution in [1.29, 1.82) is 0 Å². The highest BCUT2D eigenvalue weighted by molar-refractivity contribution is 5.86. The van der Waals surface area contributed by atoms with Crippen molar-refractivity contribution >= 4 is 12.0 Å². The molecule has 7 heteroatoms. The Kier molecular flexibility index (Phi) is 4.99. The summed E-state index contributed by atoms with van der Waals surface area (Å²) in [5.41, 5.74) is 14.4. The molecule has 2 heterocycles. The highest BCUT2D eigenvalue weighted by Crippen LogP contribution is 2.43. The van der Waals surface area contributed by atoms with E-state index >= 15 is 0 Å². The van der Waals surface area contributed by atoms with Crippen LogP contribution in [-0.4, -0.2) is 26.2 Å². The van der Waals surface area contributed by atoms with Crippen molar-refractivity contribution < 1.29 is 9.90 Å². The lowest BCUT2D eigenvalue weighted by atomic mass is 9.71. The lowest BCUT2D eigenvalue weighted by molar-refractivity contribution is 0.144. The predicted octanol–water partition coefficient (Wildman–Crippen LogP) is 5.20. The summed E-state index contributed by atoms with van der Waals surface area (Å²) in [6.07, 6.45) is 5.11. The summed E-state index contributed by atoms with van der Waals surface area (Å²) in [6, 6.07) is 20.5. The topological polar surface area (TPSA) is 114 Å². The van der Waals surface area contributed by atoms with E-state index in [1.54, 1.807) is 0 Å². The molecule has 6 rings (SSSR count). The van der Waals surface area contributed by atoms with E-state index in [0.717, 1.165) is 82.6 Å². The van der Waals surface area contributed by atoms with Gasteiger partial charge in [-0.3, -0.25) is 4.98 Å². The lowest BCUT2D eigenvalue weighted by Crippen LogP contribution is -2.50. The molecule has 2 aliphatic rings. The second kappa shape index (κ2) is 8.20. The number of anilines is 1. The first kappa shape index (κ1) is 21.3. The lowest BCUT2D eigenvalue weighted by Gasteiger charge is -2.42. The molecular formula is C28H25N5O2. The van der Waals surface area contributed by atoms with Gasteiger partial charge < -0.3 is 16.2 Å². The summed E-state index contributed by atoms with van der Waals surface area (Å²) in [4.78, 5) is 25.2. The van der Waals surface area contributed by atoms with Gasteiger partial charge in [0.1, 0.15) is 0 Å². The number of aromatic nitrogens is 3. The molecule has 0 saturated heterocycles. The summed E-state index contributed by atoms with van der Waals surface area (Å²) in [5, 5.41) is 12.1. The molecule has 0 aliphatic heterocycles. The molecule has 174 valence electrons. The highest BCUT2D eigenvalue weighted by Gasteiger charge is 2.40. The largest absolute Gasteiger partial charge is 0.465 e. The minimum absolute atomic E-state index is 0.262. The van der Waals surface area contributed by atoms with E-state index in [2.05, 4.69) is 45.6 Å². The number of hydrogen-bond donors (Lipinski definition) is 3. The fraction of sp³-hybridized carbons (Fsp3) is 0.214. The zero-order valence-electron chi connectivity index (χ0n) is 19.2. The van der Waals surface area contributed by atoms with Gasteiger partial charge in [-0.25, -0.2) is 14.8 Å². The minimum Gasteiger partial charge on any atom is -0.465 e. The van der Waals surface area contributed by atoms with Crippen LogP contribution in [0.5, 0.6) is 0 Å². The first-order valence-corrected chi connectivity index (χ1v) is 11.9. The zero-order chi connectivity index (χ0) is 24.0.